The Hall–Kier alpha value is -4.05. The maximum absolute atomic E-state index is 14.3. The first-order chi connectivity index (χ1) is 22.0. The number of rotatable bonds is 15. The van der Waals surface area contributed by atoms with Crippen molar-refractivity contribution in [3.63, 3.8) is 0 Å². The fourth-order valence-corrected chi connectivity index (χ4v) is 5.98. The van der Waals surface area contributed by atoms with E-state index in [0.717, 1.165) is 29.0 Å². The minimum atomic E-state index is -3.92. The number of hydrogen-bond donors (Lipinski definition) is 1. The number of para-hydroxylation sites is 1. The number of nitrogens with one attached hydrogen (secondary N) is 1. The van der Waals surface area contributed by atoms with Crippen LogP contribution in [0.25, 0.3) is 0 Å². The number of carbonyl (C=O) groups excluding carboxylic acids is 2. The summed E-state index contributed by atoms with van der Waals surface area (Å²) in [5.41, 5.74) is 1.76. The van der Waals surface area contributed by atoms with Crippen molar-refractivity contribution in [2.75, 3.05) is 23.7 Å². The molecule has 1 atom stereocenters. The van der Waals surface area contributed by atoms with E-state index < -0.39 is 28.5 Å². The van der Waals surface area contributed by atoms with Gasteiger partial charge in [-0.15, -0.1) is 0 Å². The molecule has 11 heteroatoms. The number of nitrogens with zero attached hydrogens (tertiary/aromatic N) is 2. The molecule has 0 bridgehead atoms. The van der Waals surface area contributed by atoms with Gasteiger partial charge in [0.25, 0.3) is 0 Å². The molecule has 0 saturated heterocycles. The van der Waals surface area contributed by atoms with Gasteiger partial charge in [0, 0.05) is 19.5 Å². The fraction of sp³-hybridized carbons (Fsp3) is 0.257. The second-order valence-corrected chi connectivity index (χ2v) is 13.5. The van der Waals surface area contributed by atoms with Gasteiger partial charge < -0.3 is 15.0 Å². The normalized spacial score (nSPS) is 11.8. The SMILES string of the molecule is CCCCNC(=O)[C@H](Cc1ccccc1)N(Cc1ccc(Cl)c(Cl)c1)C(=O)CN(c1ccc(Oc2ccccc2)cc1)S(C)(=O)=O. The molecule has 0 saturated carbocycles. The molecule has 0 aromatic heterocycles. The van der Waals surface area contributed by atoms with Gasteiger partial charge in [0.05, 0.1) is 22.0 Å². The monoisotopic (exact) mass is 681 g/mol. The zero-order chi connectivity index (χ0) is 33.1. The standard InChI is InChI=1S/C35H37Cl2N3O5S/c1-3-4-21-38-35(42)33(23-26-11-7-5-8-12-26)39(24-27-15-20-31(36)32(37)22-27)34(41)25-40(46(2,43)44)28-16-18-30(19-17-28)45-29-13-9-6-10-14-29/h5-20,22,33H,3-4,21,23-25H2,1-2H3,(H,38,42)/t33-/m0/s1. The van der Waals surface area contributed by atoms with Crippen LogP contribution in [0.5, 0.6) is 11.5 Å². The highest BCUT2D eigenvalue weighted by atomic mass is 35.5. The second-order valence-electron chi connectivity index (χ2n) is 10.8. The number of benzene rings is 4. The average molecular weight is 683 g/mol. The van der Waals surface area contributed by atoms with E-state index in [-0.39, 0.29) is 24.6 Å². The Morgan fingerprint density at radius 3 is 2.07 bits per heavy atom. The van der Waals surface area contributed by atoms with Crippen molar-refractivity contribution in [2.24, 2.45) is 0 Å². The Bertz CT molecular complexity index is 1710. The summed E-state index contributed by atoms with van der Waals surface area (Å²) in [5.74, 6) is 0.236. The molecule has 0 aliphatic rings. The number of carbonyl (C=O) groups is 2. The van der Waals surface area contributed by atoms with Gasteiger partial charge in [-0.3, -0.25) is 13.9 Å². The topological polar surface area (TPSA) is 96.0 Å². The minimum Gasteiger partial charge on any atom is -0.457 e. The predicted molar refractivity (Wildman–Crippen MR) is 184 cm³/mol. The van der Waals surface area contributed by atoms with Crippen LogP contribution in [0.4, 0.5) is 5.69 Å². The van der Waals surface area contributed by atoms with Crippen molar-refractivity contribution >= 4 is 50.7 Å². The predicted octanol–water partition coefficient (Wildman–Crippen LogP) is 7.11. The van der Waals surface area contributed by atoms with E-state index in [2.05, 4.69) is 5.32 Å². The molecule has 4 rings (SSSR count). The highest BCUT2D eigenvalue weighted by Crippen LogP contribution is 2.27. The summed E-state index contributed by atoms with van der Waals surface area (Å²) < 4.78 is 33.1. The molecular weight excluding hydrogens is 645 g/mol. The fourth-order valence-electron chi connectivity index (χ4n) is 4.81. The molecule has 0 aliphatic heterocycles. The van der Waals surface area contributed by atoms with Gasteiger partial charge in [0.1, 0.15) is 24.1 Å². The molecule has 0 radical (unpaired) electrons. The molecule has 0 fully saturated rings. The van der Waals surface area contributed by atoms with Gasteiger partial charge in [-0.2, -0.15) is 0 Å². The van der Waals surface area contributed by atoms with Crippen LogP contribution in [0.1, 0.15) is 30.9 Å². The van der Waals surface area contributed by atoms with Crippen molar-refractivity contribution in [3.05, 3.63) is 124 Å². The average Bonchev–Trinajstić information content (AvgIpc) is 3.04. The Kier molecular flexibility index (Phi) is 12.5. The van der Waals surface area contributed by atoms with E-state index in [0.29, 0.717) is 33.7 Å². The Balaban J connectivity index is 1.68. The Morgan fingerprint density at radius 1 is 0.826 bits per heavy atom. The first kappa shape index (κ1) is 34.8. The van der Waals surface area contributed by atoms with Crippen molar-refractivity contribution in [2.45, 2.75) is 38.8 Å². The summed E-state index contributed by atoms with van der Waals surface area (Å²) in [6, 6.07) is 29.0. The van der Waals surface area contributed by atoms with Gasteiger partial charge in [0.15, 0.2) is 0 Å². The van der Waals surface area contributed by atoms with Crippen LogP contribution in [0, 0.1) is 0 Å². The van der Waals surface area contributed by atoms with Gasteiger partial charge in [-0.25, -0.2) is 8.42 Å². The highest BCUT2D eigenvalue weighted by Gasteiger charge is 2.33. The van der Waals surface area contributed by atoms with Crippen LogP contribution in [0.3, 0.4) is 0 Å². The molecule has 4 aromatic carbocycles. The number of ether oxygens (including phenoxy) is 1. The molecule has 0 spiro atoms. The number of anilines is 1. The summed E-state index contributed by atoms with van der Waals surface area (Å²) in [7, 11) is -3.92. The maximum Gasteiger partial charge on any atom is 0.244 e. The third kappa shape index (κ3) is 9.97. The van der Waals surface area contributed by atoms with Crippen LogP contribution >= 0.6 is 23.2 Å². The number of unbranched alkanes of at least 4 members (excludes halogenated alkanes) is 1. The lowest BCUT2D eigenvalue weighted by Gasteiger charge is -2.33. The molecule has 0 heterocycles. The quantitative estimate of drug-likeness (QED) is 0.135. The third-order valence-corrected chi connectivity index (χ3v) is 9.10. The highest BCUT2D eigenvalue weighted by molar-refractivity contribution is 7.92. The molecule has 8 nitrogen and oxygen atoms in total. The molecule has 0 unspecified atom stereocenters. The molecule has 4 aromatic rings. The van der Waals surface area contributed by atoms with Gasteiger partial charge >= 0.3 is 0 Å². The number of sulfonamides is 1. The van der Waals surface area contributed by atoms with Crippen molar-refractivity contribution < 1.29 is 22.7 Å². The molecule has 1 N–H and O–H groups in total. The van der Waals surface area contributed by atoms with E-state index in [4.69, 9.17) is 27.9 Å². The van der Waals surface area contributed by atoms with Crippen LogP contribution < -0.4 is 14.4 Å². The van der Waals surface area contributed by atoms with Gasteiger partial charge in [-0.05, 0) is 66.1 Å². The molecule has 0 aliphatic carbocycles. The largest absolute Gasteiger partial charge is 0.457 e. The summed E-state index contributed by atoms with van der Waals surface area (Å²) in [5, 5.41) is 3.61. The lowest BCUT2D eigenvalue weighted by Crippen LogP contribution is -2.53. The number of amides is 2. The van der Waals surface area contributed by atoms with Crippen LogP contribution in [-0.4, -0.2) is 50.5 Å². The van der Waals surface area contributed by atoms with Gasteiger partial charge in [-0.1, -0.05) is 91.1 Å². The zero-order valence-electron chi connectivity index (χ0n) is 25.7. The van der Waals surface area contributed by atoms with E-state index in [1.54, 1.807) is 42.5 Å². The maximum atomic E-state index is 14.3. The first-order valence-electron chi connectivity index (χ1n) is 14.9. The Morgan fingerprint density at radius 2 is 1.46 bits per heavy atom. The van der Waals surface area contributed by atoms with Crippen molar-refractivity contribution in [3.8, 4) is 11.5 Å². The van der Waals surface area contributed by atoms with E-state index in [1.807, 2.05) is 67.6 Å². The van der Waals surface area contributed by atoms with E-state index in [9.17, 15) is 18.0 Å². The van der Waals surface area contributed by atoms with Crippen LogP contribution in [-0.2, 0) is 32.6 Å². The van der Waals surface area contributed by atoms with Crippen LogP contribution in [0.2, 0.25) is 10.0 Å². The summed E-state index contributed by atoms with van der Waals surface area (Å²) in [6.45, 7) is 1.93. The van der Waals surface area contributed by atoms with Gasteiger partial charge in [0.2, 0.25) is 21.8 Å². The van der Waals surface area contributed by atoms with E-state index in [1.165, 1.54) is 4.90 Å². The van der Waals surface area contributed by atoms with Crippen molar-refractivity contribution in [1.29, 1.82) is 0 Å². The molecule has 242 valence electrons. The smallest absolute Gasteiger partial charge is 0.244 e. The zero-order valence-corrected chi connectivity index (χ0v) is 28.1. The summed E-state index contributed by atoms with van der Waals surface area (Å²) in [4.78, 5) is 29.4. The number of halogens is 2. The molecule has 46 heavy (non-hydrogen) atoms. The second kappa shape index (κ2) is 16.5. The lowest BCUT2D eigenvalue weighted by atomic mass is 10.0. The molecule has 2 amide bonds. The van der Waals surface area contributed by atoms with Crippen LogP contribution in [0.15, 0.2) is 103 Å². The summed E-state index contributed by atoms with van der Waals surface area (Å²) in [6.07, 6.45) is 2.91. The van der Waals surface area contributed by atoms with Crippen molar-refractivity contribution in [1.82, 2.24) is 10.2 Å². The van der Waals surface area contributed by atoms with E-state index >= 15 is 0 Å². The first-order valence-corrected chi connectivity index (χ1v) is 17.5. The summed E-state index contributed by atoms with van der Waals surface area (Å²) >= 11 is 12.5. The number of hydrogen-bond acceptors (Lipinski definition) is 5. The molecular formula is C35H37Cl2N3O5S. The minimum absolute atomic E-state index is 0.00409. The third-order valence-electron chi connectivity index (χ3n) is 7.22. The lowest BCUT2D eigenvalue weighted by molar-refractivity contribution is -0.140. The Labute approximate surface area is 280 Å².